The highest BCUT2D eigenvalue weighted by atomic mass is 35.5. The Bertz CT molecular complexity index is 649. The average molecular weight is 309 g/mol. The molecule has 2 nitrogen and oxygen atoms in total. The van der Waals surface area contributed by atoms with Crippen LogP contribution in [0.15, 0.2) is 59.5 Å². The minimum absolute atomic E-state index is 0.107. The molecule has 0 aliphatic carbocycles. The van der Waals surface area contributed by atoms with Crippen molar-refractivity contribution in [2.24, 2.45) is 0 Å². The Labute approximate surface area is 125 Å². The summed E-state index contributed by atoms with van der Waals surface area (Å²) in [6, 6.07) is 16.8. The summed E-state index contributed by atoms with van der Waals surface area (Å²) in [7, 11) is -3.13. The smallest absolute Gasteiger partial charge is 0.178 e. The lowest BCUT2D eigenvalue weighted by molar-refractivity contribution is 0.597. The molecule has 0 saturated heterocycles. The number of rotatable bonds is 5. The fraction of sp³-hybridized carbons (Fsp3) is 0.250. The predicted molar refractivity (Wildman–Crippen MR) is 82.9 cm³/mol. The normalized spacial score (nSPS) is 13.1. The van der Waals surface area contributed by atoms with E-state index in [-0.39, 0.29) is 11.1 Å². The van der Waals surface area contributed by atoms with Gasteiger partial charge in [0.2, 0.25) is 0 Å². The molecule has 0 saturated carbocycles. The van der Waals surface area contributed by atoms with Gasteiger partial charge in [0.25, 0.3) is 0 Å². The fourth-order valence-electron chi connectivity index (χ4n) is 1.99. The number of hydrogen-bond donors (Lipinski definition) is 0. The Kier molecular flexibility index (Phi) is 4.84. The molecule has 0 heterocycles. The number of halogens is 1. The molecular formula is C16H17ClO2S. The van der Waals surface area contributed by atoms with Crippen molar-refractivity contribution in [3.05, 3.63) is 65.7 Å². The van der Waals surface area contributed by atoms with E-state index in [0.717, 1.165) is 11.1 Å². The van der Waals surface area contributed by atoms with Crippen LogP contribution >= 0.6 is 11.6 Å². The summed E-state index contributed by atoms with van der Waals surface area (Å²) in [6.45, 7) is 1.65. The van der Waals surface area contributed by atoms with Gasteiger partial charge in [0.1, 0.15) is 0 Å². The summed E-state index contributed by atoms with van der Waals surface area (Å²) in [5.41, 5.74) is 2.10. The molecule has 20 heavy (non-hydrogen) atoms. The minimum atomic E-state index is -3.13. The summed E-state index contributed by atoms with van der Waals surface area (Å²) in [5.74, 6) is 0.120. The van der Waals surface area contributed by atoms with E-state index in [0.29, 0.717) is 11.3 Å². The Morgan fingerprint density at radius 1 is 1.00 bits per heavy atom. The molecule has 0 N–H and O–H groups in total. The molecule has 2 aromatic rings. The lowest BCUT2D eigenvalue weighted by Crippen LogP contribution is -2.04. The monoisotopic (exact) mass is 308 g/mol. The van der Waals surface area contributed by atoms with Crippen LogP contribution in [0.3, 0.4) is 0 Å². The molecule has 0 aliphatic rings. The molecule has 1 unspecified atom stereocenters. The van der Waals surface area contributed by atoms with Gasteiger partial charge in [-0.2, -0.15) is 0 Å². The number of hydrogen-bond acceptors (Lipinski definition) is 2. The molecule has 2 rings (SSSR count). The first kappa shape index (κ1) is 15.1. The van der Waals surface area contributed by atoms with Crippen molar-refractivity contribution >= 4 is 21.4 Å². The quantitative estimate of drug-likeness (QED) is 0.782. The maximum atomic E-state index is 11.7. The average Bonchev–Trinajstić information content (AvgIpc) is 2.48. The van der Waals surface area contributed by atoms with Crippen molar-refractivity contribution in [3.8, 4) is 0 Å². The third-order valence-electron chi connectivity index (χ3n) is 3.24. The van der Waals surface area contributed by atoms with E-state index in [1.165, 1.54) is 0 Å². The molecule has 1 atom stereocenters. The highest BCUT2D eigenvalue weighted by molar-refractivity contribution is 7.91. The van der Waals surface area contributed by atoms with E-state index in [1.54, 1.807) is 19.1 Å². The lowest BCUT2D eigenvalue weighted by Gasteiger charge is -2.10. The maximum Gasteiger partial charge on any atom is 0.178 e. The molecule has 0 radical (unpaired) electrons. The lowest BCUT2D eigenvalue weighted by atomic mass is 10.0. The van der Waals surface area contributed by atoms with Gasteiger partial charge >= 0.3 is 0 Å². The van der Waals surface area contributed by atoms with Crippen LogP contribution in [0.2, 0.25) is 0 Å². The van der Waals surface area contributed by atoms with Gasteiger partial charge in [-0.1, -0.05) is 49.4 Å². The van der Waals surface area contributed by atoms with Crippen LogP contribution in [-0.2, 0) is 16.3 Å². The Hall–Kier alpha value is -1.32. The Morgan fingerprint density at radius 3 is 2.15 bits per heavy atom. The summed E-state index contributed by atoms with van der Waals surface area (Å²) >= 11 is 6.38. The highest BCUT2D eigenvalue weighted by Crippen LogP contribution is 2.25. The molecular weight excluding hydrogens is 292 g/mol. The van der Waals surface area contributed by atoms with Gasteiger partial charge in [-0.3, -0.25) is 0 Å². The van der Waals surface area contributed by atoms with Crippen LogP contribution in [0.4, 0.5) is 0 Å². The molecule has 0 spiro atoms. The van der Waals surface area contributed by atoms with Crippen molar-refractivity contribution in [3.63, 3.8) is 0 Å². The number of sulfone groups is 1. The fourth-order valence-corrected chi connectivity index (χ4v) is 3.19. The molecule has 0 fully saturated rings. The van der Waals surface area contributed by atoms with Crippen LogP contribution in [0.25, 0.3) is 0 Å². The standard InChI is InChI=1S/C16H17ClO2S/c1-2-20(18,19)15-10-8-13(9-11-15)12-16(17)14-6-4-3-5-7-14/h3-11,16H,2,12H2,1H3. The molecule has 0 aliphatic heterocycles. The Balaban J connectivity index is 2.12. The van der Waals surface area contributed by atoms with Crippen LogP contribution in [0, 0.1) is 0 Å². The van der Waals surface area contributed by atoms with Gasteiger partial charge < -0.3 is 0 Å². The first-order valence-electron chi connectivity index (χ1n) is 6.53. The first-order chi connectivity index (χ1) is 9.53. The molecule has 0 amide bonds. The van der Waals surface area contributed by atoms with Crippen molar-refractivity contribution in [2.45, 2.75) is 23.6 Å². The van der Waals surface area contributed by atoms with Crippen molar-refractivity contribution < 1.29 is 8.42 Å². The molecule has 2 aromatic carbocycles. The van der Waals surface area contributed by atoms with Crippen molar-refractivity contribution in [1.82, 2.24) is 0 Å². The van der Waals surface area contributed by atoms with Crippen LogP contribution < -0.4 is 0 Å². The second kappa shape index (κ2) is 6.42. The zero-order valence-electron chi connectivity index (χ0n) is 11.3. The topological polar surface area (TPSA) is 34.1 Å². The summed E-state index contributed by atoms with van der Waals surface area (Å²) < 4.78 is 23.5. The number of alkyl halides is 1. The summed E-state index contributed by atoms with van der Waals surface area (Å²) in [4.78, 5) is 0.370. The Morgan fingerprint density at radius 2 is 1.60 bits per heavy atom. The van der Waals surface area contributed by atoms with E-state index in [2.05, 4.69) is 0 Å². The van der Waals surface area contributed by atoms with E-state index >= 15 is 0 Å². The van der Waals surface area contributed by atoms with Gasteiger partial charge in [0.15, 0.2) is 9.84 Å². The van der Waals surface area contributed by atoms with Crippen LogP contribution in [-0.4, -0.2) is 14.2 Å². The van der Waals surface area contributed by atoms with E-state index < -0.39 is 9.84 Å². The highest BCUT2D eigenvalue weighted by Gasteiger charge is 2.12. The van der Waals surface area contributed by atoms with Gasteiger partial charge in [0.05, 0.1) is 16.0 Å². The summed E-state index contributed by atoms with van der Waals surface area (Å²) in [6.07, 6.45) is 0.679. The molecule has 106 valence electrons. The first-order valence-corrected chi connectivity index (χ1v) is 8.62. The molecule has 0 aromatic heterocycles. The number of benzene rings is 2. The maximum absolute atomic E-state index is 11.7. The van der Waals surface area contributed by atoms with Gasteiger partial charge in [-0.15, -0.1) is 11.6 Å². The third kappa shape index (κ3) is 3.62. The van der Waals surface area contributed by atoms with E-state index in [4.69, 9.17) is 11.6 Å². The van der Waals surface area contributed by atoms with Gasteiger partial charge in [-0.25, -0.2) is 8.42 Å². The molecule has 4 heteroatoms. The van der Waals surface area contributed by atoms with Crippen molar-refractivity contribution in [1.29, 1.82) is 0 Å². The van der Waals surface area contributed by atoms with E-state index in [1.807, 2.05) is 42.5 Å². The molecule has 0 bridgehead atoms. The second-order valence-corrected chi connectivity index (χ2v) is 7.43. The SMILES string of the molecule is CCS(=O)(=O)c1ccc(CC(Cl)c2ccccc2)cc1. The van der Waals surface area contributed by atoms with Gasteiger partial charge in [-0.05, 0) is 29.7 Å². The summed E-state index contributed by atoms with van der Waals surface area (Å²) in [5, 5.41) is -0.107. The third-order valence-corrected chi connectivity index (χ3v) is 5.40. The largest absolute Gasteiger partial charge is 0.224 e. The van der Waals surface area contributed by atoms with Crippen LogP contribution in [0.1, 0.15) is 23.4 Å². The van der Waals surface area contributed by atoms with Crippen LogP contribution in [0.5, 0.6) is 0 Å². The second-order valence-electron chi connectivity index (χ2n) is 4.63. The van der Waals surface area contributed by atoms with Crippen molar-refractivity contribution in [2.75, 3.05) is 5.75 Å². The zero-order valence-corrected chi connectivity index (χ0v) is 12.9. The zero-order chi connectivity index (χ0) is 14.6. The predicted octanol–water partition coefficient (Wildman–Crippen LogP) is 4.00. The van der Waals surface area contributed by atoms with E-state index in [9.17, 15) is 8.42 Å². The van der Waals surface area contributed by atoms with Gasteiger partial charge in [0, 0.05) is 0 Å². The minimum Gasteiger partial charge on any atom is -0.224 e.